The van der Waals surface area contributed by atoms with Gasteiger partial charge in [0.05, 0.1) is 5.69 Å². The summed E-state index contributed by atoms with van der Waals surface area (Å²) in [5.74, 6) is 0. The molecule has 0 N–H and O–H groups in total. The lowest BCUT2D eigenvalue weighted by Gasteiger charge is -2.47. The molecule has 0 bridgehead atoms. The number of thiophene rings is 1. The third-order valence-corrected chi connectivity index (χ3v) is 20.0. The fraction of sp³-hybridized carbons (Fsp3) is 0.424. The Bertz CT molecular complexity index is 3310. The van der Waals surface area contributed by atoms with Crippen LogP contribution in [0.3, 0.4) is 0 Å². The highest BCUT2D eigenvalue weighted by Gasteiger charge is 2.49. The van der Waals surface area contributed by atoms with Crippen LogP contribution >= 0.6 is 11.3 Å². The molecule has 0 unspecified atom stereocenters. The number of hydrogen-bond acceptors (Lipinski definition) is 3. The average molecular weight is 939 g/mol. The van der Waals surface area contributed by atoms with Crippen molar-refractivity contribution in [3.63, 3.8) is 0 Å². The molecule has 2 nitrogen and oxygen atoms in total. The first-order chi connectivity index (χ1) is 32.8. The van der Waals surface area contributed by atoms with E-state index in [9.17, 15) is 0 Å². The topological polar surface area (TPSA) is 6.48 Å². The van der Waals surface area contributed by atoms with Crippen LogP contribution in [0.25, 0.3) is 21.2 Å². The van der Waals surface area contributed by atoms with Gasteiger partial charge in [-0.3, -0.25) is 0 Å². The summed E-state index contributed by atoms with van der Waals surface area (Å²) < 4.78 is 2.89. The van der Waals surface area contributed by atoms with E-state index in [0.29, 0.717) is 0 Å². The number of rotatable bonds is 3. The zero-order valence-corrected chi connectivity index (χ0v) is 45.8. The van der Waals surface area contributed by atoms with Crippen LogP contribution in [0.4, 0.5) is 34.1 Å². The van der Waals surface area contributed by atoms with Gasteiger partial charge in [0.1, 0.15) is 0 Å². The van der Waals surface area contributed by atoms with E-state index < -0.39 is 0 Å². The summed E-state index contributed by atoms with van der Waals surface area (Å²) in [6.45, 7) is 36.9. The molecular formula is C66H75BN2S. The van der Waals surface area contributed by atoms with E-state index in [-0.39, 0.29) is 44.6 Å². The van der Waals surface area contributed by atoms with Crippen molar-refractivity contribution < 1.29 is 0 Å². The van der Waals surface area contributed by atoms with Gasteiger partial charge in [-0.25, -0.2) is 0 Å². The van der Waals surface area contributed by atoms with Crippen LogP contribution < -0.4 is 25.5 Å². The van der Waals surface area contributed by atoms with Gasteiger partial charge in [0.25, 0.3) is 6.71 Å². The molecule has 0 atom stereocenters. The highest BCUT2D eigenvalue weighted by Crippen LogP contribution is 2.56. The summed E-state index contributed by atoms with van der Waals surface area (Å²) in [5.41, 5.74) is 24.1. The molecular weight excluding hydrogens is 864 g/mol. The Morgan fingerprint density at radius 1 is 0.443 bits per heavy atom. The van der Waals surface area contributed by atoms with E-state index in [2.05, 4.69) is 234 Å². The lowest BCUT2D eigenvalue weighted by Crippen LogP contribution is -2.61. The second kappa shape index (κ2) is 14.8. The summed E-state index contributed by atoms with van der Waals surface area (Å²) in [7, 11) is 0. The zero-order chi connectivity index (χ0) is 49.5. The summed E-state index contributed by atoms with van der Waals surface area (Å²) in [4.78, 5) is 5.44. The Labute approximate surface area is 425 Å². The molecule has 0 amide bonds. The number of nitrogens with zero attached hydrogens (tertiary/aromatic N) is 2. The van der Waals surface area contributed by atoms with E-state index >= 15 is 0 Å². The van der Waals surface area contributed by atoms with Crippen LogP contribution in [0.2, 0.25) is 0 Å². The molecule has 5 aliphatic rings. The molecule has 3 aliphatic carbocycles. The number of hydrogen-bond donors (Lipinski definition) is 0. The van der Waals surface area contributed by atoms with Crippen molar-refractivity contribution in [2.24, 2.45) is 0 Å². The maximum Gasteiger partial charge on any atom is 0.264 e. The highest BCUT2D eigenvalue weighted by molar-refractivity contribution is 7.33. The Kier molecular flexibility index (Phi) is 9.72. The minimum Gasteiger partial charge on any atom is -0.311 e. The maximum atomic E-state index is 2.76. The van der Waals surface area contributed by atoms with Gasteiger partial charge in [0.2, 0.25) is 0 Å². The Hall–Kier alpha value is -5.06. The maximum absolute atomic E-state index is 2.76. The monoisotopic (exact) mass is 939 g/mol. The first-order valence-corrected chi connectivity index (χ1v) is 27.5. The Balaban J connectivity index is 1.25. The minimum absolute atomic E-state index is 0.0465. The number of benzene rings is 6. The van der Waals surface area contributed by atoms with Gasteiger partial charge in [-0.05, 0) is 192 Å². The third kappa shape index (κ3) is 6.77. The van der Waals surface area contributed by atoms with Gasteiger partial charge in [-0.2, -0.15) is 0 Å². The van der Waals surface area contributed by atoms with Crippen molar-refractivity contribution in [2.45, 2.75) is 180 Å². The van der Waals surface area contributed by atoms with Crippen molar-refractivity contribution >= 4 is 78.0 Å². The van der Waals surface area contributed by atoms with Gasteiger partial charge < -0.3 is 9.80 Å². The smallest absolute Gasteiger partial charge is 0.264 e. The summed E-state index contributed by atoms with van der Waals surface area (Å²) in [5, 5.41) is 1.40. The number of anilines is 6. The van der Waals surface area contributed by atoms with Gasteiger partial charge in [0, 0.05) is 43.3 Å². The molecule has 6 aromatic carbocycles. The van der Waals surface area contributed by atoms with Gasteiger partial charge in [-0.1, -0.05) is 158 Å². The predicted molar refractivity (Wildman–Crippen MR) is 306 cm³/mol. The molecule has 0 radical (unpaired) electrons. The molecule has 1 aromatic heterocycles. The first-order valence-electron chi connectivity index (χ1n) is 26.7. The highest BCUT2D eigenvalue weighted by atomic mass is 32.1. The van der Waals surface area contributed by atoms with Crippen LogP contribution in [0, 0.1) is 0 Å². The van der Waals surface area contributed by atoms with Crippen LogP contribution in [0.1, 0.15) is 181 Å². The third-order valence-electron chi connectivity index (χ3n) is 18.8. The molecule has 3 heterocycles. The normalized spacial score (nSPS) is 20.5. The standard InChI is InChI=1S/C66H75BN2S/c1-60(2,3)42-21-23-43(24-22-42)68-53-38-50-49(64(10,11)30-31-65(50,12)13)37-52(53)67-57-54(68)33-41(40-19-17-16-18-20-40)34-55(57)69(44-25-26-46-47(35-44)62(6,7)28-27-61(46,4)5)58-45-36-48-51(39-56(45)70-59(58)67)66(14,15)32-29-63(48,8)9/h16-26,33-39H,27-32H2,1-15H3. The summed E-state index contributed by atoms with van der Waals surface area (Å²) in [6.07, 6.45) is 7.13. The quantitative estimate of drug-likeness (QED) is 0.163. The van der Waals surface area contributed by atoms with E-state index in [4.69, 9.17) is 0 Å². The Morgan fingerprint density at radius 3 is 1.50 bits per heavy atom. The molecule has 7 aromatic rings. The summed E-state index contributed by atoms with van der Waals surface area (Å²) >= 11 is 2.08. The van der Waals surface area contributed by atoms with E-state index in [1.807, 2.05) is 0 Å². The molecule has 0 saturated carbocycles. The Morgan fingerprint density at radius 2 is 0.929 bits per heavy atom. The van der Waals surface area contributed by atoms with Crippen molar-refractivity contribution in [1.29, 1.82) is 0 Å². The minimum atomic E-state index is 0.0465. The number of fused-ring (bicyclic) bond motifs is 9. The van der Waals surface area contributed by atoms with Crippen LogP contribution in [0.5, 0.6) is 0 Å². The van der Waals surface area contributed by atoms with Crippen LogP contribution in [-0.2, 0) is 37.9 Å². The predicted octanol–water partition coefficient (Wildman–Crippen LogP) is 17.0. The average Bonchev–Trinajstić information content (AvgIpc) is 3.68. The molecule has 0 spiro atoms. The molecule has 358 valence electrons. The fourth-order valence-electron chi connectivity index (χ4n) is 13.8. The van der Waals surface area contributed by atoms with Gasteiger partial charge in [0.15, 0.2) is 0 Å². The molecule has 0 saturated heterocycles. The van der Waals surface area contributed by atoms with E-state index in [1.165, 1.54) is 149 Å². The van der Waals surface area contributed by atoms with E-state index in [1.54, 1.807) is 0 Å². The lowest BCUT2D eigenvalue weighted by molar-refractivity contribution is 0.332. The lowest BCUT2D eigenvalue weighted by atomic mass is 9.35. The van der Waals surface area contributed by atoms with Crippen molar-refractivity contribution in [3.05, 3.63) is 148 Å². The largest absolute Gasteiger partial charge is 0.311 e. The van der Waals surface area contributed by atoms with Crippen molar-refractivity contribution in [1.82, 2.24) is 0 Å². The molecule has 70 heavy (non-hydrogen) atoms. The van der Waals surface area contributed by atoms with Crippen LogP contribution in [-0.4, -0.2) is 6.71 Å². The first kappa shape index (κ1) is 46.0. The summed E-state index contributed by atoms with van der Waals surface area (Å²) in [6, 6.07) is 44.2. The fourth-order valence-corrected chi connectivity index (χ4v) is 15.1. The van der Waals surface area contributed by atoms with Crippen molar-refractivity contribution in [2.75, 3.05) is 9.80 Å². The van der Waals surface area contributed by atoms with E-state index in [0.717, 1.165) is 0 Å². The second-order valence-corrected chi connectivity index (χ2v) is 28.5. The molecule has 0 fully saturated rings. The van der Waals surface area contributed by atoms with Gasteiger partial charge >= 0.3 is 0 Å². The molecule has 4 heteroatoms. The second-order valence-electron chi connectivity index (χ2n) is 27.4. The van der Waals surface area contributed by atoms with Crippen molar-refractivity contribution in [3.8, 4) is 11.1 Å². The molecule has 12 rings (SSSR count). The van der Waals surface area contributed by atoms with Gasteiger partial charge in [-0.15, -0.1) is 11.3 Å². The molecule has 2 aliphatic heterocycles. The van der Waals surface area contributed by atoms with Crippen LogP contribution in [0.15, 0.2) is 109 Å². The SMILES string of the molecule is CC(C)(C)c1ccc(N2c3cc4c(cc3B3c5sc6cc7c(cc6c5N(c5ccc6c(c5)C(C)(C)CCC6(C)C)c5cc(-c6ccccc6)cc2c53)C(C)(C)CCC7(C)C)C(C)(C)CCC4(C)C)cc1. The zero-order valence-electron chi connectivity index (χ0n) is 45.0.